The highest BCUT2D eigenvalue weighted by Crippen LogP contribution is 2.30. The van der Waals surface area contributed by atoms with Gasteiger partial charge in [0.2, 0.25) is 5.65 Å². The van der Waals surface area contributed by atoms with Crippen LogP contribution in [0.5, 0.6) is 0 Å². The summed E-state index contributed by atoms with van der Waals surface area (Å²) < 4.78 is 6.69. The second-order valence-electron chi connectivity index (χ2n) is 5.06. The molecule has 3 rings (SSSR count). The minimum Gasteiger partial charge on any atom is -0.394 e. The molecule has 1 fully saturated rings. The third-order valence-corrected chi connectivity index (χ3v) is 3.70. The van der Waals surface area contributed by atoms with E-state index in [9.17, 15) is 25.2 Å². The molecule has 0 spiro atoms. The Hall–Kier alpha value is -1.92. The largest absolute Gasteiger partial charge is 0.394 e. The molecule has 0 amide bonds. The zero-order chi connectivity index (χ0) is 16.0. The van der Waals surface area contributed by atoms with E-state index in [-0.39, 0.29) is 11.2 Å². The Balaban J connectivity index is 2.14. The first kappa shape index (κ1) is 15.0. The van der Waals surface area contributed by atoms with Crippen LogP contribution in [0, 0.1) is 6.92 Å². The molecule has 1 aliphatic heterocycles. The van der Waals surface area contributed by atoms with Gasteiger partial charge >= 0.3 is 0 Å². The molecule has 2 aromatic rings. The van der Waals surface area contributed by atoms with Gasteiger partial charge in [0.25, 0.3) is 5.56 Å². The number of nitrogens with one attached hydrogen (secondary N) is 1. The quantitative estimate of drug-likeness (QED) is 0.383. The van der Waals surface area contributed by atoms with E-state index in [1.165, 1.54) is 4.57 Å². The first-order chi connectivity index (χ1) is 10.5. The molecule has 11 heteroatoms. The zero-order valence-electron chi connectivity index (χ0n) is 11.5. The van der Waals surface area contributed by atoms with E-state index in [0.717, 1.165) is 0 Å². The van der Waals surface area contributed by atoms with Crippen molar-refractivity contribution >= 4 is 11.2 Å². The maximum absolute atomic E-state index is 11.9. The van der Waals surface area contributed by atoms with Crippen molar-refractivity contribution in [3.05, 3.63) is 16.2 Å². The van der Waals surface area contributed by atoms with E-state index in [4.69, 9.17) is 4.74 Å². The molecule has 0 aromatic carbocycles. The molecule has 1 aliphatic rings. The Kier molecular flexibility index (Phi) is 3.66. The average molecular weight is 313 g/mol. The molecule has 1 saturated heterocycles. The SMILES string of the molecule is Cc1nc2nn[nH]c(=O)c2n1[C@@H]1O[C@H](CO)[C@@H](O)[C@H](O)[C@H]1O. The minimum atomic E-state index is -1.55. The number of aromatic amines is 1. The molecule has 11 nitrogen and oxygen atoms in total. The van der Waals surface area contributed by atoms with Gasteiger partial charge in [-0.1, -0.05) is 5.21 Å². The van der Waals surface area contributed by atoms with Crippen molar-refractivity contribution in [1.29, 1.82) is 0 Å². The van der Waals surface area contributed by atoms with Crippen molar-refractivity contribution in [3.63, 3.8) is 0 Å². The predicted molar refractivity (Wildman–Crippen MR) is 69.7 cm³/mol. The van der Waals surface area contributed by atoms with Crippen LogP contribution in [0.4, 0.5) is 0 Å². The van der Waals surface area contributed by atoms with Gasteiger partial charge in [0, 0.05) is 0 Å². The lowest BCUT2D eigenvalue weighted by Gasteiger charge is -2.40. The molecule has 2 aromatic heterocycles. The Bertz CT molecular complexity index is 742. The summed E-state index contributed by atoms with van der Waals surface area (Å²) in [6, 6.07) is 0. The number of rotatable bonds is 2. The number of nitrogens with zero attached hydrogens (tertiary/aromatic N) is 4. The minimum absolute atomic E-state index is 0.0110. The molecule has 5 N–H and O–H groups in total. The first-order valence-electron chi connectivity index (χ1n) is 6.56. The zero-order valence-corrected chi connectivity index (χ0v) is 11.5. The number of ether oxygens (including phenoxy) is 1. The number of H-pyrrole nitrogens is 1. The maximum Gasteiger partial charge on any atom is 0.293 e. The highest BCUT2D eigenvalue weighted by Gasteiger charge is 2.45. The Morgan fingerprint density at radius 3 is 2.68 bits per heavy atom. The fraction of sp³-hybridized carbons (Fsp3) is 0.636. The van der Waals surface area contributed by atoms with E-state index in [1.54, 1.807) is 6.92 Å². The Labute approximate surface area is 122 Å². The summed E-state index contributed by atoms with van der Waals surface area (Å²) in [6.45, 7) is 0.992. The van der Waals surface area contributed by atoms with Crippen LogP contribution in [0.25, 0.3) is 11.2 Å². The summed E-state index contributed by atoms with van der Waals surface area (Å²) in [5.74, 6) is 0.297. The van der Waals surface area contributed by atoms with Crippen LogP contribution in [-0.4, -0.2) is 76.4 Å². The third-order valence-electron chi connectivity index (χ3n) is 3.70. The maximum atomic E-state index is 11.9. The molecule has 0 radical (unpaired) electrons. The summed E-state index contributed by atoms with van der Waals surface area (Å²) >= 11 is 0. The first-order valence-corrected chi connectivity index (χ1v) is 6.56. The van der Waals surface area contributed by atoms with E-state index in [0.29, 0.717) is 5.82 Å². The highest BCUT2D eigenvalue weighted by atomic mass is 16.6. The van der Waals surface area contributed by atoms with Gasteiger partial charge < -0.3 is 25.2 Å². The van der Waals surface area contributed by atoms with Gasteiger partial charge in [0.15, 0.2) is 11.7 Å². The van der Waals surface area contributed by atoms with Crippen LogP contribution >= 0.6 is 0 Å². The summed E-state index contributed by atoms with van der Waals surface area (Å²) in [5.41, 5.74) is -0.530. The molecular formula is C11H15N5O6. The Morgan fingerprint density at radius 1 is 1.27 bits per heavy atom. The van der Waals surface area contributed by atoms with Crippen LogP contribution < -0.4 is 5.56 Å². The summed E-state index contributed by atoms with van der Waals surface area (Å²) in [7, 11) is 0. The van der Waals surface area contributed by atoms with E-state index < -0.39 is 42.8 Å². The van der Waals surface area contributed by atoms with Gasteiger partial charge in [-0.25, -0.2) is 10.1 Å². The number of fused-ring (bicyclic) bond motifs is 1. The van der Waals surface area contributed by atoms with Crippen molar-refractivity contribution in [2.75, 3.05) is 6.61 Å². The van der Waals surface area contributed by atoms with Crippen LogP contribution in [0.15, 0.2) is 4.79 Å². The monoisotopic (exact) mass is 313 g/mol. The topological polar surface area (TPSA) is 167 Å². The van der Waals surface area contributed by atoms with Crippen molar-refractivity contribution in [2.45, 2.75) is 37.6 Å². The van der Waals surface area contributed by atoms with Gasteiger partial charge in [0.1, 0.15) is 30.2 Å². The lowest BCUT2D eigenvalue weighted by molar-refractivity contribution is -0.250. The number of imidazole rings is 1. The van der Waals surface area contributed by atoms with Crippen LogP contribution in [0.3, 0.4) is 0 Å². The number of aryl methyl sites for hydroxylation is 1. The second kappa shape index (κ2) is 5.37. The molecule has 5 atom stereocenters. The van der Waals surface area contributed by atoms with Gasteiger partial charge in [-0.2, -0.15) is 0 Å². The molecule has 0 unspecified atom stereocenters. The summed E-state index contributed by atoms with van der Waals surface area (Å²) in [6.07, 6.45) is -6.87. The fourth-order valence-electron chi connectivity index (χ4n) is 2.59. The van der Waals surface area contributed by atoms with Crippen LogP contribution in [0.1, 0.15) is 12.1 Å². The summed E-state index contributed by atoms with van der Waals surface area (Å²) in [4.78, 5) is 16.0. The Morgan fingerprint density at radius 2 is 2.00 bits per heavy atom. The van der Waals surface area contributed by atoms with Gasteiger partial charge in [-0.3, -0.25) is 9.36 Å². The standard InChI is InChI=1S/C11H15N5O6/c1-3-12-9-5(10(21)14-15-13-9)16(3)11-8(20)7(19)6(18)4(2-17)22-11/h4,6-8,11,17-20H,2H2,1H3,(H,13,14,21)/t4-,6-,7+,8-,11-/m1/s1. The van der Waals surface area contributed by atoms with E-state index in [1.807, 2.05) is 0 Å². The van der Waals surface area contributed by atoms with Gasteiger partial charge in [-0.15, -0.1) is 5.10 Å². The van der Waals surface area contributed by atoms with Gasteiger partial charge in [0.05, 0.1) is 6.61 Å². The van der Waals surface area contributed by atoms with Gasteiger partial charge in [-0.05, 0) is 6.92 Å². The average Bonchev–Trinajstić information content (AvgIpc) is 2.83. The lowest BCUT2D eigenvalue weighted by Crippen LogP contribution is -2.56. The number of hydrogen-bond donors (Lipinski definition) is 5. The predicted octanol–water partition coefficient (Wildman–Crippen LogP) is -3.20. The van der Waals surface area contributed by atoms with Crippen molar-refractivity contribution in [1.82, 2.24) is 25.0 Å². The molecule has 22 heavy (non-hydrogen) atoms. The number of aliphatic hydroxyl groups excluding tert-OH is 4. The van der Waals surface area contributed by atoms with Crippen LogP contribution in [-0.2, 0) is 4.74 Å². The highest BCUT2D eigenvalue weighted by molar-refractivity contribution is 5.69. The fourth-order valence-corrected chi connectivity index (χ4v) is 2.59. The summed E-state index contributed by atoms with van der Waals surface area (Å²) in [5, 5.41) is 48.3. The van der Waals surface area contributed by atoms with E-state index >= 15 is 0 Å². The van der Waals surface area contributed by atoms with Crippen molar-refractivity contribution in [3.8, 4) is 0 Å². The smallest absolute Gasteiger partial charge is 0.293 e. The second-order valence-corrected chi connectivity index (χ2v) is 5.06. The molecular weight excluding hydrogens is 298 g/mol. The molecule has 0 saturated carbocycles. The van der Waals surface area contributed by atoms with E-state index in [2.05, 4.69) is 20.4 Å². The third kappa shape index (κ3) is 2.10. The van der Waals surface area contributed by atoms with Crippen molar-refractivity contribution < 1.29 is 25.2 Å². The van der Waals surface area contributed by atoms with Crippen molar-refractivity contribution in [2.24, 2.45) is 0 Å². The molecule has 3 heterocycles. The lowest BCUT2D eigenvalue weighted by atomic mass is 9.98. The number of aliphatic hydroxyl groups is 4. The van der Waals surface area contributed by atoms with Crippen LogP contribution in [0.2, 0.25) is 0 Å². The number of aromatic nitrogens is 5. The molecule has 120 valence electrons. The molecule has 0 aliphatic carbocycles. The molecule has 0 bridgehead atoms. The normalized spacial score (nSPS) is 32.5. The number of hydrogen-bond acceptors (Lipinski definition) is 9.